The monoisotopic (exact) mass is 393 g/mol. The van der Waals surface area contributed by atoms with E-state index in [0.717, 1.165) is 11.3 Å². The van der Waals surface area contributed by atoms with Crippen LogP contribution in [0.5, 0.6) is 11.6 Å². The van der Waals surface area contributed by atoms with Crippen molar-refractivity contribution < 1.29 is 9.13 Å². The van der Waals surface area contributed by atoms with Crippen molar-refractivity contribution in [3.8, 4) is 17.7 Å². The molecule has 1 heterocycles. The highest BCUT2D eigenvalue weighted by Crippen LogP contribution is 2.30. The van der Waals surface area contributed by atoms with Gasteiger partial charge in [-0.2, -0.15) is 10.2 Å². The van der Waals surface area contributed by atoms with E-state index in [9.17, 15) is 9.65 Å². The summed E-state index contributed by atoms with van der Waals surface area (Å²) in [5, 5.41) is 9.80. The molecule has 28 heavy (non-hydrogen) atoms. The van der Waals surface area contributed by atoms with E-state index in [0.29, 0.717) is 28.1 Å². The van der Waals surface area contributed by atoms with Crippen molar-refractivity contribution in [3.63, 3.8) is 0 Å². The van der Waals surface area contributed by atoms with Crippen molar-refractivity contribution in [1.82, 2.24) is 9.97 Å². The molecule has 0 radical (unpaired) electrons. The van der Waals surface area contributed by atoms with Gasteiger partial charge in [-0.1, -0.05) is 56.8 Å². The largest absolute Gasteiger partial charge is 0.439 e. The van der Waals surface area contributed by atoms with Gasteiger partial charge in [0.2, 0.25) is 5.88 Å². The normalized spacial score (nSPS) is 11.1. The van der Waals surface area contributed by atoms with Crippen molar-refractivity contribution in [2.75, 3.05) is 0 Å². The van der Waals surface area contributed by atoms with Gasteiger partial charge in [-0.15, -0.1) is 0 Å². The zero-order valence-electron chi connectivity index (χ0n) is 15.9. The molecule has 2 aromatic carbocycles. The summed E-state index contributed by atoms with van der Waals surface area (Å²) in [5.74, 6) is 0.938. The Kier molecular flexibility index (Phi) is 5.96. The Balaban J connectivity index is 1.88. The minimum atomic E-state index is -0.370. The lowest BCUT2D eigenvalue weighted by molar-refractivity contribution is 0.443. The molecule has 0 spiro atoms. The first kappa shape index (κ1) is 19.8. The SMILES string of the molecule is CC(C)(C)c1cc(Oc2cccc(F)c2)nc(SCc2ccccc2C#N)n1. The molecule has 0 aliphatic heterocycles. The van der Waals surface area contributed by atoms with Crippen molar-refractivity contribution in [1.29, 1.82) is 5.26 Å². The Morgan fingerprint density at radius 2 is 1.86 bits per heavy atom. The number of hydrogen-bond donors (Lipinski definition) is 0. The quantitative estimate of drug-likeness (QED) is 0.401. The average Bonchev–Trinajstić information content (AvgIpc) is 2.66. The van der Waals surface area contributed by atoms with Gasteiger partial charge in [0.05, 0.1) is 17.3 Å². The van der Waals surface area contributed by atoms with E-state index in [1.54, 1.807) is 24.3 Å². The first-order chi connectivity index (χ1) is 13.3. The summed E-state index contributed by atoms with van der Waals surface area (Å²) in [6.45, 7) is 6.17. The third-order valence-electron chi connectivity index (χ3n) is 3.96. The molecule has 3 aromatic rings. The molecule has 0 bridgehead atoms. The average molecular weight is 393 g/mol. The van der Waals surface area contributed by atoms with Crippen LogP contribution in [0.15, 0.2) is 59.8 Å². The molecule has 0 atom stereocenters. The second-order valence-electron chi connectivity index (χ2n) is 7.24. The number of thioether (sulfide) groups is 1. The van der Waals surface area contributed by atoms with Gasteiger partial charge >= 0.3 is 0 Å². The molecule has 4 nitrogen and oxygen atoms in total. The van der Waals surface area contributed by atoms with Crippen LogP contribution >= 0.6 is 11.8 Å². The van der Waals surface area contributed by atoms with E-state index in [-0.39, 0.29) is 11.2 Å². The lowest BCUT2D eigenvalue weighted by Crippen LogP contribution is -2.14. The summed E-state index contributed by atoms with van der Waals surface area (Å²) in [5.41, 5.74) is 2.18. The van der Waals surface area contributed by atoms with Gasteiger partial charge in [-0.05, 0) is 23.8 Å². The Labute approximate surface area is 168 Å². The second kappa shape index (κ2) is 8.41. The van der Waals surface area contributed by atoms with Crippen molar-refractivity contribution in [2.24, 2.45) is 0 Å². The fraction of sp³-hybridized carbons (Fsp3) is 0.227. The maximum Gasteiger partial charge on any atom is 0.223 e. The van der Waals surface area contributed by atoms with E-state index in [1.165, 1.54) is 23.9 Å². The molecule has 0 N–H and O–H groups in total. The van der Waals surface area contributed by atoms with Crippen LogP contribution in [0.4, 0.5) is 4.39 Å². The molecule has 0 fully saturated rings. The molecule has 1 aromatic heterocycles. The van der Waals surface area contributed by atoms with Gasteiger partial charge in [0.25, 0.3) is 0 Å². The molecule has 142 valence electrons. The van der Waals surface area contributed by atoms with Gasteiger partial charge in [-0.25, -0.2) is 9.37 Å². The molecule has 0 amide bonds. The second-order valence-corrected chi connectivity index (χ2v) is 8.18. The van der Waals surface area contributed by atoms with Gasteiger partial charge in [-0.3, -0.25) is 0 Å². The Hall–Kier alpha value is -2.91. The maximum absolute atomic E-state index is 13.5. The number of ether oxygens (including phenoxy) is 1. The highest BCUT2D eigenvalue weighted by Gasteiger charge is 2.19. The van der Waals surface area contributed by atoms with Crippen molar-refractivity contribution in [3.05, 3.63) is 77.2 Å². The van der Waals surface area contributed by atoms with Crippen LogP contribution in [-0.2, 0) is 11.2 Å². The lowest BCUT2D eigenvalue weighted by Gasteiger charge is -2.19. The van der Waals surface area contributed by atoms with E-state index < -0.39 is 0 Å². The van der Waals surface area contributed by atoms with Crippen LogP contribution in [0.3, 0.4) is 0 Å². The molecule has 0 saturated heterocycles. The van der Waals surface area contributed by atoms with Gasteiger partial charge in [0.1, 0.15) is 11.6 Å². The smallest absolute Gasteiger partial charge is 0.223 e. The summed E-state index contributed by atoms with van der Waals surface area (Å²) in [4.78, 5) is 9.12. The molecule has 3 rings (SSSR count). The standard InChI is InChI=1S/C22H20FN3OS/c1-22(2,3)19-12-20(27-18-10-6-9-17(23)11-18)26-21(25-19)28-14-16-8-5-4-7-15(16)13-24/h4-12H,14H2,1-3H3. The first-order valence-corrected chi connectivity index (χ1v) is 9.77. The lowest BCUT2D eigenvalue weighted by atomic mass is 9.92. The number of hydrogen-bond acceptors (Lipinski definition) is 5. The minimum absolute atomic E-state index is 0.205. The van der Waals surface area contributed by atoms with E-state index in [1.807, 2.05) is 18.2 Å². The number of nitrogens with zero attached hydrogens (tertiary/aromatic N) is 3. The molecule has 0 aliphatic carbocycles. The summed E-state index contributed by atoms with van der Waals surface area (Å²) >= 11 is 1.43. The predicted octanol–water partition coefficient (Wildman–Crippen LogP) is 5.87. The van der Waals surface area contributed by atoms with Gasteiger partial charge in [0, 0.05) is 23.3 Å². The topological polar surface area (TPSA) is 58.8 Å². The van der Waals surface area contributed by atoms with Crippen molar-refractivity contribution >= 4 is 11.8 Å². The molecule has 0 unspecified atom stereocenters. The van der Waals surface area contributed by atoms with Crippen molar-refractivity contribution in [2.45, 2.75) is 37.1 Å². The molecule has 6 heteroatoms. The number of halogens is 1. The van der Waals surface area contributed by atoms with E-state index in [2.05, 4.69) is 36.8 Å². The first-order valence-electron chi connectivity index (χ1n) is 8.79. The van der Waals surface area contributed by atoms with Crippen LogP contribution in [-0.4, -0.2) is 9.97 Å². The zero-order valence-corrected chi connectivity index (χ0v) is 16.8. The number of benzene rings is 2. The van der Waals surface area contributed by atoms with Crippen LogP contribution in [0, 0.1) is 17.1 Å². The van der Waals surface area contributed by atoms with Gasteiger partial charge in [0.15, 0.2) is 5.16 Å². The summed E-state index contributed by atoms with van der Waals surface area (Å²) in [6.07, 6.45) is 0. The fourth-order valence-corrected chi connectivity index (χ4v) is 3.31. The number of rotatable bonds is 5. The highest BCUT2D eigenvalue weighted by atomic mass is 32.2. The summed E-state index contributed by atoms with van der Waals surface area (Å²) < 4.78 is 19.2. The molecule has 0 aliphatic rings. The number of nitriles is 1. The third-order valence-corrected chi connectivity index (χ3v) is 4.86. The maximum atomic E-state index is 13.5. The van der Waals surface area contributed by atoms with Crippen LogP contribution < -0.4 is 4.74 Å². The summed E-state index contributed by atoms with van der Waals surface area (Å²) in [6, 6.07) is 17.4. The molecular weight excluding hydrogens is 373 g/mol. The Morgan fingerprint density at radius 1 is 1.07 bits per heavy atom. The fourth-order valence-electron chi connectivity index (χ4n) is 2.45. The zero-order chi connectivity index (χ0) is 20.1. The molecular formula is C22H20FN3OS. The van der Waals surface area contributed by atoms with Crippen LogP contribution in [0.2, 0.25) is 0 Å². The third kappa shape index (κ3) is 5.08. The minimum Gasteiger partial charge on any atom is -0.439 e. The summed E-state index contributed by atoms with van der Waals surface area (Å²) in [7, 11) is 0. The number of aromatic nitrogens is 2. The predicted molar refractivity (Wildman–Crippen MR) is 108 cm³/mol. The highest BCUT2D eigenvalue weighted by molar-refractivity contribution is 7.98. The Morgan fingerprint density at radius 3 is 2.57 bits per heavy atom. The van der Waals surface area contributed by atoms with E-state index in [4.69, 9.17) is 4.74 Å². The van der Waals surface area contributed by atoms with Gasteiger partial charge < -0.3 is 4.74 Å². The van der Waals surface area contributed by atoms with Crippen LogP contribution in [0.1, 0.15) is 37.6 Å². The molecule has 0 saturated carbocycles. The van der Waals surface area contributed by atoms with E-state index >= 15 is 0 Å². The Bertz CT molecular complexity index is 1020. The van der Waals surface area contributed by atoms with Crippen LogP contribution in [0.25, 0.3) is 0 Å².